The number of hydrogen-bond donors (Lipinski definition) is 3. The Hall–Kier alpha value is -4.73. The van der Waals surface area contributed by atoms with Crippen molar-refractivity contribution in [3.05, 3.63) is 79.0 Å². The molecule has 0 aliphatic carbocycles. The van der Waals surface area contributed by atoms with Crippen LogP contribution in [0, 0.1) is 12.7 Å². The van der Waals surface area contributed by atoms with E-state index in [0.29, 0.717) is 22.8 Å². The standard InChI is InChI=1S/C23H18FN7O2/c1-13-2-7-17(24)18(8-13)30-23(32)29-15-5-3-14(4-6-15)20-16(19-9-26-12-33-19)10-31-21(20)22(25)27-11-28-31/h2-12H,1H3,(H2,25,27,28)(H2,29,30,32). The molecule has 0 radical (unpaired) electrons. The van der Waals surface area contributed by atoms with Crippen LogP contribution in [-0.4, -0.2) is 25.6 Å². The summed E-state index contributed by atoms with van der Waals surface area (Å²) in [6.07, 6.45) is 6.12. The Morgan fingerprint density at radius 1 is 1.15 bits per heavy atom. The molecule has 0 aliphatic heterocycles. The van der Waals surface area contributed by atoms with Crippen molar-refractivity contribution in [1.82, 2.24) is 19.6 Å². The minimum absolute atomic E-state index is 0.108. The van der Waals surface area contributed by atoms with Crippen LogP contribution in [0.15, 0.2) is 72.0 Å². The van der Waals surface area contributed by atoms with Crippen LogP contribution in [0.4, 0.5) is 26.4 Å². The summed E-state index contributed by atoms with van der Waals surface area (Å²) in [5, 5.41) is 9.46. The number of amides is 2. The van der Waals surface area contributed by atoms with Crippen LogP contribution >= 0.6 is 0 Å². The number of oxazole rings is 1. The van der Waals surface area contributed by atoms with Gasteiger partial charge in [0.05, 0.1) is 11.9 Å². The van der Waals surface area contributed by atoms with Gasteiger partial charge in [-0.2, -0.15) is 5.10 Å². The Morgan fingerprint density at radius 2 is 1.97 bits per heavy atom. The molecule has 0 saturated carbocycles. The molecule has 4 N–H and O–H groups in total. The topological polar surface area (TPSA) is 123 Å². The van der Waals surface area contributed by atoms with E-state index in [0.717, 1.165) is 22.3 Å². The fourth-order valence-corrected chi connectivity index (χ4v) is 3.60. The van der Waals surface area contributed by atoms with E-state index in [2.05, 4.69) is 25.7 Å². The van der Waals surface area contributed by atoms with Crippen molar-refractivity contribution in [1.29, 1.82) is 0 Å². The van der Waals surface area contributed by atoms with Gasteiger partial charge in [-0.1, -0.05) is 18.2 Å². The number of anilines is 3. The van der Waals surface area contributed by atoms with E-state index in [1.54, 1.807) is 41.2 Å². The van der Waals surface area contributed by atoms with Gasteiger partial charge in [0.2, 0.25) is 0 Å². The SMILES string of the molecule is Cc1ccc(F)c(NC(=O)Nc2ccc(-c3c(-c4cnco4)cn4ncnc(N)c34)cc2)c1. The zero-order valence-electron chi connectivity index (χ0n) is 17.4. The zero-order valence-corrected chi connectivity index (χ0v) is 17.4. The second kappa shape index (κ2) is 8.08. The maximum Gasteiger partial charge on any atom is 0.323 e. The predicted molar refractivity (Wildman–Crippen MR) is 122 cm³/mol. The fourth-order valence-electron chi connectivity index (χ4n) is 3.60. The summed E-state index contributed by atoms with van der Waals surface area (Å²) >= 11 is 0. The van der Waals surface area contributed by atoms with E-state index in [9.17, 15) is 9.18 Å². The Kier molecular flexibility index (Phi) is 4.94. The summed E-state index contributed by atoms with van der Waals surface area (Å²) in [5.41, 5.74) is 10.5. The quantitative estimate of drug-likeness (QED) is 0.369. The maximum atomic E-state index is 13.9. The molecule has 0 saturated heterocycles. The molecule has 0 atom stereocenters. The van der Waals surface area contributed by atoms with E-state index < -0.39 is 11.8 Å². The van der Waals surface area contributed by atoms with Gasteiger partial charge in [-0.3, -0.25) is 0 Å². The number of nitrogens with one attached hydrogen (secondary N) is 2. The second-order valence-electron chi connectivity index (χ2n) is 7.36. The number of carbonyl (C=O) groups is 1. The molecular formula is C23H18FN7O2. The maximum absolute atomic E-state index is 13.9. The van der Waals surface area contributed by atoms with Crippen molar-refractivity contribution in [3.63, 3.8) is 0 Å². The highest BCUT2D eigenvalue weighted by Crippen LogP contribution is 2.38. The van der Waals surface area contributed by atoms with Crippen LogP contribution in [0.3, 0.4) is 0 Å². The number of carbonyl (C=O) groups excluding carboxylic acids is 1. The van der Waals surface area contributed by atoms with E-state index >= 15 is 0 Å². The summed E-state index contributed by atoms with van der Waals surface area (Å²) < 4.78 is 21.0. The number of nitrogens with zero attached hydrogens (tertiary/aromatic N) is 4. The number of halogens is 1. The van der Waals surface area contributed by atoms with Crippen LogP contribution in [0.25, 0.3) is 28.0 Å². The molecule has 0 spiro atoms. The average Bonchev–Trinajstić information content (AvgIpc) is 3.45. The first-order valence-electron chi connectivity index (χ1n) is 9.95. The molecule has 164 valence electrons. The Balaban J connectivity index is 1.45. The van der Waals surface area contributed by atoms with Gasteiger partial charge >= 0.3 is 6.03 Å². The van der Waals surface area contributed by atoms with Crippen LogP contribution in [0.5, 0.6) is 0 Å². The molecule has 0 fully saturated rings. The summed E-state index contributed by atoms with van der Waals surface area (Å²) in [4.78, 5) is 20.4. The Labute approximate surface area is 187 Å². The highest BCUT2D eigenvalue weighted by Gasteiger charge is 2.20. The largest absolute Gasteiger partial charge is 0.443 e. The van der Waals surface area contributed by atoms with Gasteiger partial charge in [-0.05, 0) is 42.3 Å². The minimum Gasteiger partial charge on any atom is -0.443 e. The highest BCUT2D eigenvalue weighted by atomic mass is 19.1. The first-order valence-corrected chi connectivity index (χ1v) is 9.95. The molecule has 33 heavy (non-hydrogen) atoms. The van der Waals surface area contributed by atoms with E-state index in [4.69, 9.17) is 10.2 Å². The van der Waals surface area contributed by atoms with Crippen molar-refractivity contribution in [2.45, 2.75) is 6.92 Å². The molecule has 3 aromatic heterocycles. The monoisotopic (exact) mass is 443 g/mol. The number of nitrogens with two attached hydrogens (primary N) is 1. The molecule has 2 aromatic carbocycles. The van der Waals surface area contributed by atoms with Crippen molar-refractivity contribution in [2.75, 3.05) is 16.4 Å². The Morgan fingerprint density at radius 3 is 2.73 bits per heavy atom. The van der Waals surface area contributed by atoms with Crippen LogP contribution < -0.4 is 16.4 Å². The predicted octanol–water partition coefficient (Wildman–Crippen LogP) is 4.73. The normalized spacial score (nSPS) is 11.0. The molecular weight excluding hydrogens is 425 g/mol. The van der Waals surface area contributed by atoms with Crippen molar-refractivity contribution in [2.24, 2.45) is 0 Å². The third-order valence-electron chi connectivity index (χ3n) is 5.10. The van der Waals surface area contributed by atoms with Gasteiger partial charge in [0.1, 0.15) is 17.7 Å². The van der Waals surface area contributed by atoms with Gasteiger partial charge in [0, 0.05) is 23.0 Å². The first-order chi connectivity index (χ1) is 16.0. The third kappa shape index (κ3) is 3.85. The van der Waals surface area contributed by atoms with Gasteiger partial charge in [0.15, 0.2) is 18.0 Å². The first kappa shape index (κ1) is 20.2. The van der Waals surface area contributed by atoms with Gasteiger partial charge in [0.25, 0.3) is 0 Å². The average molecular weight is 443 g/mol. The highest BCUT2D eigenvalue weighted by molar-refractivity contribution is 6.01. The molecule has 0 unspecified atom stereocenters. The lowest BCUT2D eigenvalue weighted by Gasteiger charge is -2.10. The molecule has 9 nitrogen and oxygen atoms in total. The second-order valence-corrected chi connectivity index (χ2v) is 7.36. The lowest BCUT2D eigenvalue weighted by Crippen LogP contribution is -2.20. The van der Waals surface area contributed by atoms with Crippen molar-refractivity contribution >= 4 is 28.7 Å². The summed E-state index contributed by atoms with van der Waals surface area (Å²) in [5.74, 6) is 0.357. The smallest absolute Gasteiger partial charge is 0.323 e. The Bertz CT molecular complexity index is 1460. The number of hydrogen-bond acceptors (Lipinski definition) is 6. The fraction of sp³-hybridized carbons (Fsp3) is 0.0435. The number of fused-ring (bicyclic) bond motifs is 1. The minimum atomic E-state index is -0.554. The molecule has 3 heterocycles. The number of aryl methyl sites for hydroxylation is 1. The van der Waals surface area contributed by atoms with Gasteiger partial charge in [-0.25, -0.2) is 23.7 Å². The zero-order chi connectivity index (χ0) is 22.9. The number of benzene rings is 2. The van der Waals surface area contributed by atoms with Crippen molar-refractivity contribution in [3.8, 4) is 22.5 Å². The molecule has 0 bridgehead atoms. The molecule has 0 aliphatic rings. The van der Waals surface area contributed by atoms with Gasteiger partial charge in [-0.15, -0.1) is 0 Å². The lowest BCUT2D eigenvalue weighted by atomic mass is 10.0. The van der Waals surface area contributed by atoms with Crippen LogP contribution in [0.2, 0.25) is 0 Å². The summed E-state index contributed by atoms with van der Waals surface area (Å²) in [6.45, 7) is 1.82. The molecule has 5 aromatic rings. The van der Waals surface area contributed by atoms with Crippen LogP contribution in [-0.2, 0) is 0 Å². The summed E-state index contributed by atoms with van der Waals surface area (Å²) in [7, 11) is 0. The lowest BCUT2D eigenvalue weighted by molar-refractivity contribution is 0.262. The number of urea groups is 1. The molecule has 2 amide bonds. The van der Waals surface area contributed by atoms with Crippen LogP contribution in [0.1, 0.15) is 5.56 Å². The van der Waals surface area contributed by atoms with Gasteiger partial charge < -0.3 is 20.8 Å². The molecule has 10 heteroatoms. The van der Waals surface area contributed by atoms with E-state index in [1.165, 1.54) is 18.8 Å². The van der Waals surface area contributed by atoms with E-state index in [-0.39, 0.29) is 5.69 Å². The van der Waals surface area contributed by atoms with Crippen molar-refractivity contribution < 1.29 is 13.6 Å². The van der Waals surface area contributed by atoms with E-state index in [1.807, 2.05) is 19.1 Å². The number of nitrogen functional groups attached to an aromatic ring is 1. The summed E-state index contributed by atoms with van der Waals surface area (Å²) in [6, 6.07) is 11.1. The number of rotatable bonds is 4. The third-order valence-corrected chi connectivity index (χ3v) is 5.10. The molecule has 5 rings (SSSR count). The number of aromatic nitrogens is 4.